The molecule has 3 heteroatoms. The lowest BCUT2D eigenvalue weighted by atomic mass is 10.3. The number of hydrogen-bond acceptors (Lipinski definition) is 2. The van der Waals surface area contributed by atoms with Crippen molar-refractivity contribution in [2.24, 2.45) is 0 Å². The molecule has 0 N–H and O–H groups in total. The zero-order valence-corrected chi connectivity index (χ0v) is 6.70. The molecule has 1 aromatic heterocycles. The Hall–Kier alpha value is -0.450. The first kappa shape index (κ1) is 6.67. The Kier molecular flexibility index (Phi) is 2.16. The third-order valence-corrected chi connectivity index (χ3v) is 1.45. The molecule has 46 valence electrons. The molecule has 0 aliphatic heterocycles. The summed E-state index contributed by atoms with van der Waals surface area (Å²) in [6.45, 7) is 0. The summed E-state index contributed by atoms with van der Waals surface area (Å²) in [6.07, 6.45) is 4.03. The molecule has 0 amide bonds. The van der Waals surface area contributed by atoms with E-state index in [2.05, 4.69) is 27.6 Å². The van der Waals surface area contributed by atoms with Crippen molar-refractivity contribution in [1.82, 2.24) is 4.98 Å². The van der Waals surface area contributed by atoms with Crippen LogP contribution < -0.4 is 0 Å². The van der Waals surface area contributed by atoms with E-state index in [0.717, 1.165) is 9.86 Å². The van der Waals surface area contributed by atoms with Gasteiger partial charge in [0.2, 0.25) is 0 Å². The van der Waals surface area contributed by atoms with E-state index in [4.69, 9.17) is 0 Å². The van der Waals surface area contributed by atoms with Crippen LogP contribution in [0.15, 0.2) is 18.5 Å². The SMILES string of the molecule is O=Cc1cncc(I)c1. The Bertz CT molecular complexity index is 224. The minimum Gasteiger partial charge on any atom is -0.298 e. The second kappa shape index (κ2) is 2.91. The third-order valence-electron chi connectivity index (χ3n) is 0.862. The number of nitrogens with zero attached hydrogens (tertiary/aromatic N) is 1. The van der Waals surface area contributed by atoms with Gasteiger partial charge in [0.05, 0.1) is 0 Å². The molecule has 9 heavy (non-hydrogen) atoms. The quantitative estimate of drug-likeness (QED) is 0.543. The minimum absolute atomic E-state index is 0.627. The van der Waals surface area contributed by atoms with Crippen LogP contribution in [0.25, 0.3) is 0 Å². The van der Waals surface area contributed by atoms with Gasteiger partial charge in [-0.25, -0.2) is 0 Å². The van der Waals surface area contributed by atoms with E-state index in [9.17, 15) is 4.79 Å². The molecule has 1 rings (SSSR count). The monoisotopic (exact) mass is 233 g/mol. The lowest BCUT2D eigenvalue weighted by Crippen LogP contribution is -1.82. The average molecular weight is 233 g/mol. The molecule has 0 saturated carbocycles. The van der Waals surface area contributed by atoms with Gasteiger partial charge in [-0.3, -0.25) is 9.78 Å². The van der Waals surface area contributed by atoms with E-state index < -0.39 is 0 Å². The van der Waals surface area contributed by atoms with Gasteiger partial charge in [0.15, 0.2) is 6.29 Å². The molecule has 0 atom stereocenters. The van der Waals surface area contributed by atoms with Crippen LogP contribution in [0.1, 0.15) is 10.4 Å². The molecule has 0 unspecified atom stereocenters. The summed E-state index contributed by atoms with van der Waals surface area (Å²) < 4.78 is 0.984. The van der Waals surface area contributed by atoms with Crippen molar-refractivity contribution in [3.8, 4) is 0 Å². The zero-order valence-electron chi connectivity index (χ0n) is 4.54. The standard InChI is InChI=1S/C6H4INO/c7-6-1-5(4-9)2-8-3-6/h1-4H. The second-order valence-corrected chi connectivity index (χ2v) is 2.80. The Morgan fingerprint density at radius 2 is 2.33 bits per heavy atom. The Labute approximate surface area is 66.4 Å². The smallest absolute Gasteiger partial charge is 0.151 e. The number of hydrogen-bond donors (Lipinski definition) is 0. The summed E-state index contributed by atoms with van der Waals surface area (Å²) in [4.78, 5) is 13.9. The molecular formula is C6H4INO. The predicted octanol–water partition coefficient (Wildman–Crippen LogP) is 1.50. The maximum atomic E-state index is 10.1. The fraction of sp³-hybridized carbons (Fsp3) is 0. The summed E-state index contributed by atoms with van der Waals surface area (Å²) >= 11 is 2.11. The highest BCUT2D eigenvalue weighted by molar-refractivity contribution is 14.1. The molecule has 2 nitrogen and oxygen atoms in total. The lowest BCUT2D eigenvalue weighted by molar-refractivity contribution is 0.112. The third kappa shape index (κ3) is 1.74. The molecule has 1 heterocycles. The molecule has 0 aromatic carbocycles. The molecule has 0 saturated heterocycles. The summed E-state index contributed by atoms with van der Waals surface area (Å²) in [7, 11) is 0. The van der Waals surface area contributed by atoms with Crippen molar-refractivity contribution < 1.29 is 4.79 Å². The van der Waals surface area contributed by atoms with Crippen LogP contribution >= 0.6 is 22.6 Å². The topological polar surface area (TPSA) is 30.0 Å². The first-order valence-corrected chi connectivity index (χ1v) is 3.46. The van der Waals surface area contributed by atoms with Gasteiger partial charge >= 0.3 is 0 Å². The van der Waals surface area contributed by atoms with E-state index in [1.165, 1.54) is 6.20 Å². The van der Waals surface area contributed by atoms with E-state index in [0.29, 0.717) is 5.56 Å². The lowest BCUT2D eigenvalue weighted by Gasteiger charge is -1.87. The van der Waals surface area contributed by atoms with Crippen molar-refractivity contribution >= 4 is 28.9 Å². The molecular weight excluding hydrogens is 229 g/mol. The predicted molar refractivity (Wildman–Crippen MR) is 42.3 cm³/mol. The normalized spacial score (nSPS) is 9.00. The van der Waals surface area contributed by atoms with Gasteiger partial charge in [0.1, 0.15) is 0 Å². The van der Waals surface area contributed by atoms with Gasteiger partial charge in [-0.1, -0.05) is 0 Å². The number of rotatable bonds is 1. The highest BCUT2D eigenvalue weighted by Crippen LogP contribution is 2.02. The molecule has 0 fully saturated rings. The number of carbonyl (C=O) groups excluding carboxylic acids is 1. The fourth-order valence-electron chi connectivity index (χ4n) is 0.493. The van der Waals surface area contributed by atoms with Crippen LogP contribution in [0, 0.1) is 3.57 Å². The number of aromatic nitrogens is 1. The van der Waals surface area contributed by atoms with Crippen LogP contribution in [-0.2, 0) is 0 Å². The Balaban J connectivity index is 3.07. The van der Waals surface area contributed by atoms with E-state index in [1.807, 2.05) is 0 Å². The number of halogens is 1. The number of aldehydes is 1. The molecule has 0 aliphatic carbocycles. The Morgan fingerprint density at radius 1 is 1.56 bits per heavy atom. The number of carbonyl (C=O) groups is 1. The van der Waals surface area contributed by atoms with E-state index in [1.54, 1.807) is 12.3 Å². The number of pyridine rings is 1. The zero-order chi connectivity index (χ0) is 6.69. The van der Waals surface area contributed by atoms with E-state index in [-0.39, 0.29) is 0 Å². The van der Waals surface area contributed by atoms with Crippen LogP contribution in [0.3, 0.4) is 0 Å². The highest BCUT2D eigenvalue weighted by Gasteiger charge is 1.88. The van der Waals surface area contributed by atoms with Crippen molar-refractivity contribution in [2.75, 3.05) is 0 Å². The van der Waals surface area contributed by atoms with E-state index >= 15 is 0 Å². The maximum absolute atomic E-state index is 10.1. The summed E-state index contributed by atoms with van der Waals surface area (Å²) in [5.74, 6) is 0. The van der Waals surface area contributed by atoms with Crippen molar-refractivity contribution in [2.45, 2.75) is 0 Å². The highest BCUT2D eigenvalue weighted by atomic mass is 127. The summed E-state index contributed by atoms with van der Waals surface area (Å²) in [5.41, 5.74) is 0.627. The fourth-order valence-corrected chi connectivity index (χ4v) is 1.01. The van der Waals surface area contributed by atoms with Crippen LogP contribution in [0.4, 0.5) is 0 Å². The summed E-state index contributed by atoms with van der Waals surface area (Å²) in [5, 5.41) is 0. The van der Waals surface area contributed by atoms with Gasteiger partial charge in [0, 0.05) is 21.5 Å². The van der Waals surface area contributed by atoms with Crippen molar-refractivity contribution in [1.29, 1.82) is 0 Å². The van der Waals surface area contributed by atoms with Crippen LogP contribution in [0.5, 0.6) is 0 Å². The minimum atomic E-state index is 0.627. The first-order valence-electron chi connectivity index (χ1n) is 2.38. The van der Waals surface area contributed by atoms with Crippen LogP contribution in [-0.4, -0.2) is 11.3 Å². The van der Waals surface area contributed by atoms with Gasteiger partial charge in [0.25, 0.3) is 0 Å². The van der Waals surface area contributed by atoms with Gasteiger partial charge in [-0.2, -0.15) is 0 Å². The Morgan fingerprint density at radius 3 is 2.78 bits per heavy atom. The molecule has 0 aliphatic rings. The second-order valence-electron chi connectivity index (χ2n) is 1.55. The molecule has 1 aromatic rings. The van der Waals surface area contributed by atoms with Crippen molar-refractivity contribution in [3.05, 3.63) is 27.6 Å². The van der Waals surface area contributed by atoms with Gasteiger partial charge < -0.3 is 0 Å². The van der Waals surface area contributed by atoms with Gasteiger partial charge in [-0.05, 0) is 28.7 Å². The molecule has 0 bridgehead atoms. The molecule has 0 spiro atoms. The summed E-state index contributed by atoms with van der Waals surface area (Å²) in [6, 6.07) is 1.78. The first-order chi connectivity index (χ1) is 4.33. The largest absolute Gasteiger partial charge is 0.298 e. The van der Waals surface area contributed by atoms with Crippen molar-refractivity contribution in [3.63, 3.8) is 0 Å². The average Bonchev–Trinajstić information content (AvgIpc) is 1.88. The van der Waals surface area contributed by atoms with Crippen LogP contribution in [0.2, 0.25) is 0 Å². The van der Waals surface area contributed by atoms with Gasteiger partial charge in [-0.15, -0.1) is 0 Å². The molecule has 0 radical (unpaired) electrons. The maximum Gasteiger partial charge on any atom is 0.151 e.